The van der Waals surface area contributed by atoms with Gasteiger partial charge in [0.15, 0.2) is 0 Å². The van der Waals surface area contributed by atoms with Crippen molar-refractivity contribution >= 4 is 17.5 Å². The van der Waals surface area contributed by atoms with Gasteiger partial charge in [0.1, 0.15) is 23.8 Å². The highest BCUT2D eigenvalue weighted by atomic mass is 16.3. The van der Waals surface area contributed by atoms with E-state index >= 15 is 0 Å². The summed E-state index contributed by atoms with van der Waals surface area (Å²) < 4.78 is 0. The number of aliphatic hydroxyl groups excluding tert-OH is 1. The molecule has 3 heterocycles. The lowest BCUT2D eigenvalue weighted by Crippen LogP contribution is -2.35. The minimum atomic E-state index is -0.390. The van der Waals surface area contributed by atoms with Crippen molar-refractivity contribution in [1.29, 1.82) is 0 Å². The third kappa shape index (κ3) is 4.27. The number of anilines is 3. The van der Waals surface area contributed by atoms with E-state index in [2.05, 4.69) is 47.8 Å². The first-order chi connectivity index (χ1) is 14.1. The van der Waals surface area contributed by atoms with Gasteiger partial charge in [0.25, 0.3) is 0 Å². The van der Waals surface area contributed by atoms with Crippen LogP contribution in [-0.2, 0) is 0 Å². The molecule has 0 saturated carbocycles. The molecule has 0 spiro atoms. The van der Waals surface area contributed by atoms with E-state index in [0.717, 1.165) is 34.3 Å². The second-order valence-corrected chi connectivity index (χ2v) is 7.18. The van der Waals surface area contributed by atoms with Crippen LogP contribution in [0.25, 0.3) is 11.1 Å². The van der Waals surface area contributed by atoms with E-state index in [1.165, 1.54) is 6.33 Å². The highest BCUT2D eigenvalue weighted by Gasteiger charge is 2.32. The minimum Gasteiger partial charge on any atom is -0.391 e. The molecule has 0 aliphatic carbocycles. The zero-order valence-corrected chi connectivity index (χ0v) is 16.6. The average Bonchev–Trinajstić information content (AvgIpc) is 3.14. The second-order valence-electron chi connectivity index (χ2n) is 7.18. The topological polar surface area (TPSA) is 99.1 Å². The predicted molar refractivity (Wildman–Crippen MR) is 114 cm³/mol. The smallest absolute Gasteiger partial charge is 0.149 e. The summed E-state index contributed by atoms with van der Waals surface area (Å²) in [5, 5.41) is 25.2. The second kappa shape index (κ2) is 8.40. The molecule has 29 heavy (non-hydrogen) atoms. The molecule has 3 N–H and O–H groups in total. The Labute approximate surface area is 170 Å². The van der Waals surface area contributed by atoms with Gasteiger partial charge in [-0.3, -0.25) is 0 Å². The number of nitrogens with zero attached hydrogens (tertiary/aromatic N) is 5. The van der Waals surface area contributed by atoms with E-state index in [0.29, 0.717) is 19.5 Å². The maximum atomic E-state index is 10.2. The Bertz CT molecular complexity index is 966. The van der Waals surface area contributed by atoms with Crippen LogP contribution in [0, 0.1) is 6.92 Å². The van der Waals surface area contributed by atoms with Crippen LogP contribution < -0.4 is 15.5 Å². The summed E-state index contributed by atoms with van der Waals surface area (Å²) in [6, 6.07) is 14.2. The van der Waals surface area contributed by atoms with Crippen LogP contribution in [0.3, 0.4) is 0 Å². The molecule has 1 aliphatic heterocycles. The van der Waals surface area contributed by atoms with E-state index in [-0.39, 0.29) is 6.04 Å². The Morgan fingerprint density at radius 1 is 1.10 bits per heavy atom. The fourth-order valence-corrected chi connectivity index (χ4v) is 3.68. The molecule has 0 radical (unpaired) electrons. The molecule has 2 atom stereocenters. The van der Waals surface area contributed by atoms with Gasteiger partial charge in [-0.05, 0) is 25.0 Å². The molecule has 150 valence electrons. The van der Waals surface area contributed by atoms with Crippen LogP contribution in [-0.4, -0.2) is 57.6 Å². The van der Waals surface area contributed by atoms with Crippen molar-refractivity contribution < 1.29 is 5.11 Å². The van der Waals surface area contributed by atoms with Crippen LogP contribution in [0.2, 0.25) is 0 Å². The predicted octanol–water partition coefficient (Wildman–Crippen LogP) is 2.34. The van der Waals surface area contributed by atoms with Gasteiger partial charge in [-0.15, -0.1) is 5.10 Å². The highest BCUT2D eigenvalue weighted by Crippen LogP contribution is 2.27. The summed E-state index contributed by atoms with van der Waals surface area (Å²) in [6.45, 7) is 3.13. The summed E-state index contributed by atoms with van der Waals surface area (Å²) in [5.41, 5.74) is 3.06. The third-order valence-corrected chi connectivity index (χ3v) is 5.18. The van der Waals surface area contributed by atoms with E-state index in [4.69, 9.17) is 0 Å². The van der Waals surface area contributed by atoms with Crippen LogP contribution in [0.1, 0.15) is 12.1 Å². The van der Waals surface area contributed by atoms with Gasteiger partial charge in [-0.1, -0.05) is 30.3 Å². The van der Waals surface area contributed by atoms with E-state index in [1.807, 2.05) is 44.3 Å². The normalized spacial score (nSPS) is 18.7. The van der Waals surface area contributed by atoms with Gasteiger partial charge in [0.05, 0.1) is 17.8 Å². The standard InChI is InChI=1S/C21H25N7O/c1-14-18(15-6-4-3-5-7-15)9-20(27-26-14)23-11-16-8-17(29)12-28(16)21-10-19(22-2)24-13-25-21/h3-7,9-10,13,16-17,29H,8,11-12H2,1-2H3,(H,23,27)(H,22,24,25)/t16-,17-/m1/s1. The lowest BCUT2D eigenvalue weighted by Gasteiger charge is -2.26. The molecule has 1 aliphatic rings. The maximum absolute atomic E-state index is 10.2. The fourth-order valence-electron chi connectivity index (χ4n) is 3.68. The van der Waals surface area contributed by atoms with E-state index in [1.54, 1.807) is 0 Å². The molecular weight excluding hydrogens is 366 g/mol. The number of hydrogen-bond acceptors (Lipinski definition) is 8. The first kappa shape index (κ1) is 19.1. The molecular formula is C21H25N7O. The largest absolute Gasteiger partial charge is 0.391 e. The van der Waals surface area contributed by atoms with Crippen molar-refractivity contribution in [3.63, 3.8) is 0 Å². The zero-order valence-electron chi connectivity index (χ0n) is 16.6. The van der Waals surface area contributed by atoms with Crippen molar-refractivity contribution in [3.05, 3.63) is 54.5 Å². The van der Waals surface area contributed by atoms with Crippen molar-refractivity contribution in [2.45, 2.75) is 25.5 Å². The molecule has 3 aromatic rings. The van der Waals surface area contributed by atoms with Crippen molar-refractivity contribution in [3.8, 4) is 11.1 Å². The monoisotopic (exact) mass is 391 g/mol. The number of β-amino-alcohol motifs (C(OH)–C–C–N with tert-alkyl or cyclic N) is 1. The first-order valence-corrected chi connectivity index (χ1v) is 9.72. The number of nitrogens with one attached hydrogen (secondary N) is 2. The molecule has 1 fully saturated rings. The average molecular weight is 391 g/mol. The molecule has 0 bridgehead atoms. The van der Waals surface area contributed by atoms with Gasteiger partial charge in [0, 0.05) is 31.8 Å². The molecule has 4 rings (SSSR count). The first-order valence-electron chi connectivity index (χ1n) is 9.72. The van der Waals surface area contributed by atoms with Crippen molar-refractivity contribution in [1.82, 2.24) is 20.2 Å². The molecule has 1 saturated heterocycles. The lowest BCUT2D eigenvalue weighted by atomic mass is 10.1. The van der Waals surface area contributed by atoms with Crippen molar-refractivity contribution in [2.75, 3.05) is 35.7 Å². The zero-order chi connectivity index (χ0) is 20.2. The van der Waals surface area contributed by atoms with Crippen LogP contribution in [0.15, 0.2) is 48.8 Å². The molecule has 0 amide bonds. The third-order valence-electron chi connectivity index (χ3n) is 5.18. The Kier molecular flexibility index (Phi) is 5.53. The molecule has 0 unspecified atom stereocenters. The quantitative estimate of drug-likeness (QED) is 0.589. The van der Waals surface area contributed by atoms with Crippen LogP contribution in [0.4, 0.5) is 17.5 Å². The summed E-state index contributed by atoms with van der Waals surface area (Å²) in [5.74, 6) is 2.27. The van der Waals surface area contributed by atoms with Gasteiger partial charge < -0.3 is 20.6 Å². The fraction of sp³-hybridized carbons (Fsp3) is 0.333. The molecule has 1 aromatic carbocycles. The highest BCUT2D eigenvalue weighted by molar-refractivity contribution is 5.68. The summed E-state index contributed by atoms with van der Waals surface area (Å²) in [7, 11) is 1.82. The molecule has 2 aromatic heterocycles. The van der Waals surface area contributed by atoms with E-state index < -0.39 is 6.10 Å². The number of aryl methyl sites for hydroxylation is 1. The SMILES string of the molecule is CNc1cc(N2C[C@H](O)C[C@@H]2CNc2cc(-c3ccccc3)c(C)nn2)ncn1. The number of benzene rings is 1. The van der Waals surface area contributed by atoms with Crippen LogP contribution in [0.5, 0.6) is 0 Å². The number of hydrogen-bond donors (Lipinski definition) is 3. The number of aliphatic hydroxyl groups is 1. The molecule has 8 nitrogen and oxygen atoms in total. The maximum Gasteiger partial charge on any atom is 0.149 e. The van der Waals surface area contributed by atoms with Gasteiger partial charge in [-0.25, -0.2) is 9.97 Å². The Balaban J connectivity index is 1.50. The van der Waals surface area contributed by atoms with Crippen LogP contribution >= 0.6 is 0 Å². The summed E-state index contributed by atoms with van der Waals surface area (Å²) in [4.78, 5) is 10.7. The Hall–Kier alpha value is -3.26. The summed E-state index contributed by atoms with van der Waals surface area (Å²) in [6.07, 6.45) is 1.81. The minimum absolute atomic E-state index is 0.0906. The lowest BCUT2D eigenvalue weighted by molar-refractivity contribution is 0.194. The number of rotatable bonds is 6. The molecule has 8 heteroatoms. The summed E-state index contributed by atoms with van der Waals surface area (Å²) >= 11 is 0. The Morgan fingerprint density at radius 2 is 1.93 bits per heavy atom. The van der Waals surface area contributed by atoms with Crippen molar-refractivity contribution in [2.24, 2.45) is 0 Å². The number of aromatic nitrogens is 4. The van der Waals surface area contributed by atoms with Gasteiger partial charge in [-0.2, -0.15) is 5.10 Å². The van der Waals surface area contributed by atoms with E-state index in [9.17, 15) is 5.11 Å². The van der Waals surface area contributed by atoms with Gasteiger partial charge in [0.2, 0.25) is 0 Å². The Morgan fingerprint density at radius 3 is 2.72 bits per heavy atom. The van der Waals surface area contributed by atoms with Gasteiger partial charge >= 0.3 is 0 Å².